The second-order valence-corrected chi connectivity index (χ2v) is 9.43. The molecule has 33 heavy (non-hydrogen) atoms. The van der Waals surface area contributed by atoms with Gasteiger partial charge in [-0.1, -0.05) is 6.07 Å². The molecule has 0 bridgehead atoms. The number of phenols is 1. The molecule has 4 aliphatic rings. The maximum atomic E-state index is 13.5. The Balaban J connectivity index is 1.57. The Morgan fingerprint density at radius 3 is 2.45 bits per heavy atom. The van der Waals surface area contributed by atoms with E-state index in [4.69, 9.17) is 14.2 Å². The third kappa shape index (κ3) is 3.25. The molecular formula is C24H27NO8. The monoisotopic (exact) mass is 457 g/mol. The molecule has 9 heteroatoms. The molecule has 176 valence electrons. The number of rotatable bonds is 2. The van der Waals surface area contributed by atoms with E-state index in [1.54, 1.807) is 19.9 Å². The summed E-state index contributed by atoms with van der Waals surface area (Å²) in [7, 11) is 3.72. The number of hydrogen-bond acceptors (Lipinski definition) is 9. The van der Waals surface area contributed by atoms with E-state index < -0.39 is 54.2 Å². The predicted molar refractivity (Wildman–Crippen MR) is 114 cm³/mol. The van der Waals surface area contributed by atoms with Crippen molar-refractivity contribution in [2.45, 2.75) is 69.4 Å². The van der Waals surface area contributed by atoms with E-state index in [1.165, 1.54) is 6.07 Å². The fraction of sp³-hybridized carbons (Fsp3) is 0.542. The van der Waals surface area contributed by atoms with Gasteiger partial charge in [-0.3, -0.25) is 14.4 Å². The Morgan fingerprint density at radius 1 is 1.03 bits per heavy atom. The van der Waals surface area contributed by atoms with Gasteiger partial charge in [0.1, 0.15) is 11.9 Å². The minimum absolute atomic E-state index is 0.0282. The molecule has 1 aromatic carbocycles. The summed E-state index contributed by atoms with van der Waals surface area (Å²) >= 11 is 0. The lowest BCUT2D eigenvalue weighted by molar-refractivity contribution is -0.142. The first-order valence-electron chi connectivity index (χ1n) is 11.1. The molecule has 0 amide bonds. The van der Waals surface area contributed by atoms with E-state index in [0.29, 0.717) is 12.0 Å². The summed E-state index contributed by atoms with van der Waals surface area (Å²) in [5, 5.41) is 21.7. The van der Waals surface area contributed by atoms with Crippen molar-refractivity contribution in [3.05, 3.63) is 40.0 Å². The fourth-order valence-corrected chi connectivity index (χ4v) is 5.51. The van der Waals surface area contributed by atoms with Gasteiger partial charge in [0.25, 0.3) is 0 Å². The zero-order valence-electron chi connectivity index (χ0n) is 18.9. The first kappa shape index (κ1) is 22.2. The molecule has 7 atom stereocenters. The third-order valence-electron chi connectivity index (χ3n) is 7.21. The first-order valence-corrected chi connectivity index (χ1v) is 11.1. The molecule has 0 saturated carbocycles. The average molecular weight is 457 g/mol. The fourth-order valence-electron chi connectivity index (χ4n) is 5.51. The van der Waals surface area contributed by atoms with Crippen LogP contribution in [0.15, 0.2) is 23.3 Å². The molecule has 2 N–H and O–H groups in total. The van der Waals surface area contributed by atoms with Crippen LogP contribution in [0.4, 0.5) is 0 Å². The zero-order chi connectivity index (χ0) is 23.8. The number of fused-ring (bicyclic) bond motifs is 3. The second-order valence-electron chi connectivity index (χ2n) is 9.43. The van der Waals surface area contributed by atoms with Crippen molar-refractivity contribution in [3.8, 4) is 5.75 Å². The standard InChI is InChI=1S/C24H27NO8/c1-9-17-19(24-15(31-9)8-16(26)33-24)22(29)12-6-5-11(21(28)18(12)23(17)30)14-7-13(25(3)4)20(27)10(2)32-14/h5-6,9-10,13-15,20,24,27-28H,7-8H2,1-4H3/t9-,10+,13-,14+,15-,20+,24-/m0/s1. The average Bonchev–Trinajstić information content (AvgIpc) is 3.12. The summed E-state index contributed by atoms with van der Waals surface area (Å²) in [6, 6.07) is 2.90. The molecule has 5 rings (SSSR count). The maximum Gasteiger partial charge on any atom is 0.309 e. The Bertz CT molecular complexity index is 1090. The van der Waals surface area contributed by atoms with Crippen LogP contribution in [0.3, 0.4) is 0 Å². The molecular weight excluding hydrogens is 430 g/mol. The van der Waals surface area contributed by atoms with Gasteiger partial charge in [-0.2, -0.15) is 0 Å². The second kappa shape index (κ2) is 7.73. The van der Waals surface area contributed by atoms with Crippen LogP contribution in [0.2, 0.25) is 0 Å². The molecule has 1 aromatic rings. The highest BCUT2D eigenvalue weighted by Crippen LogP contribution is 2.45. The topological polar surface area (TPSA) is 123 Å². The number of hydrogen-bond donors (Lipinski definition) is 2. The van der Waals surface area contributed by atoms with Gasteiger partial charge in [-0.25, -0.2) is 0 Å². The molecule has 0 spiro atoms. The lowest BCUT2D eigenvalue weighted by atomic mass is 9.76. The molecule has 1 aliphatic carbocycles. The van der Waals surface area contributed by atoms with E-state index in [2.05, 4.69) is 0 Å². The number of carbonyl (C=O) groups is 3. The van der Waals surface area contributed by atoms with Gasteiger partial charge in [-0.05, 0) is 40.4 Å². The molecule has 0 radical (unpaired) electrons. The van der Waals surface area contributed by atoms with Crippen LogP contribution in [-0.4, -0.2) is 83.3 Å². The lowest BCUT2D eigenvalue weighted by Gasteiger charge is -2.41. The van der Waals surface area contributed by atoms with Crippen LogP contribution >= 0.6 is 0 Å². The van der Waals surface area contributed by atoms with Crippen LogP contribution in [-0.2, 0) is 19.0 Å². The molecule has 9 nitrogen and oxygen atoms in total. The SMILES string of the molecule is C[C@@H]1O[C@H]2CC(=O)O[C@@H]2C2=C1C(=O)c1c(ccc([C@H]3C[C@H](N(C)C)[C@H](O)[C@@H](C)O3)c1O)C2=O. The number of benzene rings is 1. The highest BCUT2D eigenvalue weighted by molar-refractivity contribution is 6.29. The van der Waals surface area contributed by atoms with Crippen molar-refractivity contribution >= 4 is 17.5 Å². The maximum absolute atomic E-state index is 13.5. The van der Waals surface area contributed by atoms with E-state index >= 15 is 0 Å². The smallest absolute Gasteiger partial charge is 0.309 e. The van der Waals surface area contributed by atoms with Crippen molar-refractivity contribution in [3.63, 3.8) is 0 Å². The van der Waals surface area contributed by atoms with Gasteiger partial charge in [0.15, 0.2) is 17.7 Å². The molecule has 2 fully saturated rings. The van der Waals surface area contributed by atoms with E-state index in [9.17, 15) is 24.6 Å². The highest BCUT2D eigenvalue weighted by atomic mass is 16.6. The summed E-state index contributed by atoms with van der Waals surface area (Å²) in [5.74, 6) is -1.74. The van der Waals surface area contributed by atoms with E-state index in [-0.39, 0.29) is 40.5 Å². The number of ketones is 2. The van der Waals surface area contributed by atoms with Crippen LogP contribution < -0.4 is 0 Å². The van der Waals surface area contributed by atoms with E-state index in [1.807, 2.05) is 19.0 Å². The number of carbonyl (C=O) groups excluding carboxylic acids is 3. The quantitative estimate of drug-likeness (QED) is 0.633. The van der Waals surface area contributed by atoms with Gasteiger partial charge < -0.3 is 29.3 Å². The Labute approximate surface area is 190 Å². The van der Waals surface area contributed by atoms with Gasteiger partial charge >= 0.3 is 5.97 Å². The van der Waals surface area contributed by atoms with Crippen LogP contribution in [0.1, 0.15) is 59.1 Å². The number of phenolic OH excluding ortho intramolecular Hbond substituents is 1. The predicted octanol–water partition coefficient (Wildman–Crippen LogP) is 1.31. The lowest BCUT2D eigenvalue weighted by Crippen LogP contribution is -2.50. The number of aromatic hydroxyl groups is 1. The Morgan fingerprint density at radius 2 is 1.76 bits per heavy atom. The number of likely N-dealkylation sites (N-methyl/N-ethyl adjacent to an activating group) is 1. The zero-order valence-corrected chi connectivity index (χ0v) is 18.9. The normalized spacial score (nSPS) is 35.9. The summed E-state index contributed by atoms with van der Waals surface area (Å²) < 4.78 is 17.1. The number of ether oxygens (including phenoxy) is 3. The van der Waals surface area contributed by atoms with Crippen molar-refractivity contribution in [2.24, 2.45) is 0 Å². The van der Waals surface area contributed by atoms with E-state index in [0.717, 1.165) is 0 Å². The minimum atomic E-state index is -0.917. The van der Waals surface area contributed by atoms with Crippen molar-refractivity contribution in [2.75, 3.05) is 14.1 Å². The third-order valence-corrected chi connectivity index (χ3v) is 7.21. The van der Waals surface area contributed by atoms with Crippen molar-refractivity contribution < 1.29 is 38.8 Å². The molecule has 3 heterocycles. The highest BCUT2D eigenvalue weighted by Gasteiger charge is 2.51. The largest absolute Gasteiger partial charge is 0.507 e. The van der Waals surface area contributed by atoms with Crippen molar-refractivity contribution in [1.29, 1.82) is 0 Å². The minimum Gasteiger partial charge on any atom is -0.507 e. The summed E-state index contributed by atoms with van der Waals surface area (Å²) in [4.78, 5) is 40.7. The van der Waals surface area contributed by atoms with Gasteiger partial charge in [0.2, 0.25) is 0 Å². The number of esters is 1. The van der Waals surface area contributed by atoms with Gasteiger partial charge in [0.05, 0.1) is 42.0 Å². The number of Topliss-reactive ketones (excluding diaryl/α,β-unsaturated/α-hetero) is 2. The number of aliphatic hydroxyl groups excluding tert-OH is 1. The van der Waals surface area contributed by atoms with Crippen LogP contribution in [0.5, 0.6) is 5.75 Å². The summed E-state index contributed by atoms with van der Waals surface area (Å²) in [6.45, 7) is 3.41. The van der Waals surface area contributed by atoms with Crippen LogP contribution in [0.25, 0.3) is 0 Å². The van der Waals surface area contributed by atoms with Crippen molar-refractivity contribution in [1.82, 2.24) is 4.90 Å². The van der Waals surface area contributed by atoms with Gasteiger partial charge in [-0.15, -0.1) is 0 Å². The summed E-state index contributed by atoms with van der Waals surface area (Å²) in [6.07, 6.45) is -3.57. The molecule has 2 saturated heterocycles. The number of nitrogens with zero attached hydrogens (tertiary/aromatic N) is 1. The molecule has 0 aromatic heterocycles. The Kier molecular flexibility index (Phi) is 5.20. The summed E-state index contributed by atoms with van der Waals surface area (Å²) in [5.41, 5.74) is 0.643. The Hall–Kier alpha value is -2.59. The first-order chi connectivity index (χ1) is 15.6. The molecule has 0 unspecified atom stereocenters. The molecule has 3 aliphatic heterocycles. The van der Waals surface area contributed by atoms with Gasteiger partial charge in [0, 0.05) is 22.7 Å². The number of aliphatic hydroxyl groups is 1. The van der Waals surface area contributed by atoms with Crippen LogP contribution in [0, 0.1) is 0 Å².